The normalized spacial score (nSPS) is 13.5. The van der Waals surface area contributed by atoms with Crippen LogP contribution in [0.5, 0.6) is 0 Å². The maximum absolute atomic E-state index is 13.2. The Morgan fingerprint density at radius 2 is 2.07 bits per heavy atom. The number of carbonyl (C=O) groups excluding carboxylic acids is 1. The molecule has 3 rings (SSSR count). The van der Waals surface area contributed by atoms with Crippen LogP contribution in [0.4, 0.5) is 0 Å². The third kappa shape index (κ3) is 4.03. The highest BCUT2D eigenvalue weighted by molar-refractivity contribution is 5.69. The average molecular weight is 371 g/mol. The summed E-state index contributed by atoms with van der Waals surface area (Å²) in [5.41, 5.74) is 3.01. The maximum atomic E-state index is 13.2. The van der Waals surface area contributed by atoms with Crippen LogP contribution in [0.3, 0.4) is 0 Å². The Bertz CT molecular complexity index is 972. The zero-order valence-electron chi connectivity index (χ0n) is 15.9. The van der Waals surface area contributed by atoms with E-state index in [4.69, 9.17) is 0 Å². The van der Waals surface area contributed by atoms with Crippen molar-refractivity contribution in [3.05, 3.63) is 61.9 Å². The summed E-state index contributed by atoms with van der Waals surface area (Å²) in [7, 11) is 1.28. The zero-order chi connectivity index (χ0) is 19.6. The summed E-state index contributed by atoms with van der Waals surface area (Å²) >= 11 is 0. The molecule has 0 radical (unpaired) electrons. The van der Waals surface area contributed by atoms with Gasteiger partial charge in [-0.1, -0.05) is 13.8 Å². The van der Waals surface area contributed by atoms with Gasteiger partial charge in [-0.05, 0) is 43.0 Å². The number of rotatable bonds is 5. The lowest BCUT2D eigenvalue weighted by Crippen LogP contribution is -2.35. The largest absolute Gasteiger partial charge is 0.468 e. The van der Waals surface area contributed by atoms with E-state index >= 15 is 0 Å². The third-order valence-corrected chi connectivity index (χ3v) is 4.71. The van der Waals surface area contributed by atoms with Crippen molar-refractivity contribution in [3.8, 4) is 5.69 Å². The molecule has 0 amide bonds. The van der Waals surface area contributed by atoms with Crippen molar-refractivity contribution in [3.63, 3.8) is 0 Å². The highest BCUT2D eigenvalue weighted by Crippen LogP contribution is 2.19. The molecular weight excluding hydrogens is 346 g/mol. The van der Waals surface area contributed by atoms with Crippen LogP contribution >= 0.6 is 0 Å². The van der Waals surface area contributed by atoms with Gasteiger partial charge in [-0.15, -0.1) is 0 Å². The van der Waals surface area contributed by atoms with Crippen LogP contribution in [0.2, 0.25) is 0 Å². The Balaban J connectivity index is 2.18. The lowest BCUT2D eigenvalue weighted by Gasteiger charge is -2.24. The van der Waals surface area contributed by atoms with Crippen molar-refractivity contribution < 1.29 is 9.53 Å². The monoisotopic (exact) mass is 371 g/mol. The number of nitrogens with zero attached hydrogens (tertiary/aromatic N) is 2. The molecule has 0 fully saturated rings. The molecule has 0 unspecified atom stereocenters. The fraction of sp³-hybridized carbons (Fsp3) is 0.450. The number of nitrogens with one attached hydrogen (secondary N) is 1. The van der Waals surface area contributed by atoms with Crippen molar-refractivity contribution in [1.29, 1.82) is 0 Å². The van der Waals surface area contributed by atoms with Crippen molar-refractivity contribution in [2.45, 2.75) is 39.8 Å². The highest BCUT2D eigenvalue weighted by Gasteiger charge is 2.19. The van der Waals surface area contributed by atoms with Gasteiger partial charge in [0, 0.05) is 30.1 Å². The Morgan fingerprint density at radius 1 is 1.30 bits per heavy atom. The molecule has 0 aromatic carbocycles. The molecule has 0 bridgehead atoms. The van der Waals surface area contributed by atoms with Gasteiger partial charge in [-0.3, -0.25) is 19.0 Å². The molecule has 1 N–H and O–H groups in total. The third-order valence-electron chi connectivity index (χ3n) is 4.71. The van der Waals surface area contributed by atoms with E-state index in [9.17, 15) is 14.4 Å². The number of fused-ring (bicyclic) bond motifs is 1. The van der Waals surface area contributed by atoms with Crippen LogP contribution in [0.25, 0.3) is 5.69 Å². The highest BCUT2D eigenvalue weighted by atomic mass is 16.5. The second-order valence-corrected chi connectivity index (χ2v) is 7.24. The van der Waals surface area contributed by atoms with Gasteiger partial charge in [-0.2, -0.15) is 0 Å². The molecule has 2 aromatic heterocycles. The topological polar surface area (TPSA) is 82.3 Å². The summed E-state index contributed by atoms with van der Waals surface area (Å²) < 4.78 is 7.60. The SMILES string of the molecule is COC(=O)Cn1cc(-n2c3c(cc(CC(C)C)c2=O)CCNC3)ccc1=O. The van der Waals surface area contributed by atoms with E-state index in [2.05, 4.69) is 23.9 Å². The van der Waals surface area contributed by atoms with Crippen LogP contribution in [-0.2, 0) is 35.5 Å². The average Bonchev–Trinajstić information content (AvgIpc) is 2.64. The first-order chi connectivity index (χ1) is 12.9. The summed E-state index contributed by atoms with van der Waals surface area (Å²) in [5.74, 6) is -0.155. The van der Waals surface area contributed by atoms with Crippen LogP contribution in [0, 0.1) is 5.92 Å². The van der Waals surface area contributed by atoms with Gasteiger partial charge in [0.1, 0.15) is 6.54 Å². The van der Waals surface area contributed by atoms with Crippen molar-refractivity contribution in [2.75, 3.05) is 13.7 Å². The number of hydrogen-bond acceptors (Lipinski definition) is 5. The molecular formula is C20H25N3O4. The van der Waals surface area contributed by atoms with Gasteiger partial charge in [0.25, 0.3) is 11.1 Å². The number of hydrogen-bond donors (Lipinski definition) is 1. The van der Waals surface area contributed by atoms with Gasteiger partial charge in [-0.25, -0.2) is 0 Å². The predicted octanol–water partition coefficient (Wildman–Crippen LogP) is 1.02. The minimum atomic E-state index is -0.515. The first kappa shape index (κ1) is 19.1. The number of aromatic nitrogens is 2. The molecule has 7 heteroatoms. The van der Waals surface area contributed by atoms with E-state index < -0.39 is 5.97 Å². The number of methoxy groups -OCH3 is 1. The van der Waals surface area contributed by atoms with E-state index in [-0.39, 0.29) is 17.7 Å². The van der Waals surface area contributed by atoms with Gasteiger partial charge >= 0.3 is 5.97 Å². The van der Waals surface area contributed by atoms with Gasteiger partial charge in [0.15, 0.2) is 0 Å². The fourth-order valence-corrected chi connectivity index (χ4v) is 3.44. The summed E-state index contributed by atoms with van der Waals surface area (Å²) in [5, 5.41) is 3.30. The van der Waals surface area contributed by atoms with Crippen LogP contribution in [-0.4, -0.2) is 28.8 Å². The first-order valence-electron chi connectivity index (χ1n) is 9.15. The smallest absolute Gasteiger partial charge is 0.325 e. The zero-order valence-corrected chi connectivity index (χ0v) is 15.9. The minimum Gasteiger partial charge on any atom is -0.468 e. The molecule has 1 aliphatic heterocycles. The Morgan fingerprint density at radius 3 is 2.78 bits per heavy atom. The van der Waals surface area contributed by atoms with E-state index in [1.54, 1.807) is 16.8 Å². The molecule has 0 aliphatic carbocycles. The molecule has 1 aliphatic rings. The minimum absolute atomic E-state index is 0.0746. The predicted molar refractivity (Wildman–Crippen MR) is 102 cm³/mol. The van der Waals surface area contributed by atoms with Gasteiger partial charge < -0.3 is 14.6 Å². The van der Waals surface area contributed by atoms with E-state index in [0.717, 1.165) is 29.8 Å². The first-order valence-corrected chi connectivity index (χ1v) is 9.15. The Kier molecular flexibility index (Phi) is 5.60. The Hall–Kier alpha value is -2.67. The molecule has 2 aromatic rings. The molecule has 0 saturated heterocycles. The summed E-state index contributed by atoms with van der Waals surface area (Å²) in [4.78, 5) is 36.9. The lowest BCUT2D eigenvalue weighted by atomic mass is 9.98. The lowest BCUT2D eigenvalue weighted by molar-refractivity contribution is -0.141. The van der Waals surface area contributed by atoms with Gasteiger partial charge in [0.05, 0.1) is 12.8 Å². The van der Waals surface area contributed by atoms with Crippen LogP contribution in [0.15, 0.2) is 34.0 Å². The molecule has 0 atom stereocenters. The number of pyridine rings is 2. The van der Waals surface area contributed by atoms with E-state index in [0.29, 0.717) is 24.6 Å². The molecule has 7 nitrogen and oxygen atoms in total. The summed E-state index contributed by atoms with van der Waals surface area (Å²) in [6.45, 7) is 5.43. The second kappa shape index (κ2) is 7.92. The number of ether oxygens (including phenoxy) is 1. The maximum Gasteiger partial charge on any atom is 0.325 e. The molecule has 0 spiro atoms. The quantitative estimate of drug-likeness (QED) is 0.794. The molecule has 144 valence electrons. The van der Waals surface area contributed by atoms with Gasteiger partial charge in [0.2, 0.25) is 0 Å². The Labute approximate surface area is 157 Å². The molecule has 3 heterocycles. The van der Waals surface area contributed by atoms with Crippen molar-refractivity contribution in [1.82, 2.24) is 14.5 Å². The second-order valence-electron chi connectivity index (χ2n) is 7.24. The fourth-order valence-electron chi connectivity index (χ4n) is 3.44. The van der Waals surface area contributed by atoms with Crippen LogP contribution in [0.1, 0.15) is 30.7 Å². The number of esters is 1. The van der Waals surface area contributed by atoms with E-state index in [1.807, 2.05) is 6.07 Å². The standard InChI is InChI=1S/C20H25N3O4/c1-13(2)8-15-9-14-6-7-21-10-17(14)23(20(15)26)16-4-5-18(24)22(11-16)12-19(25)27-3/h4-5,9,11,13,21H,6-8,10,12H2,1-3H3. The van der Waals surface area contributed by atoms with E-state index in [1.165, 1.54) is 17.7 Å². The van der Waals surface area contributed by atoms with Crippen LogP contribution < -0.4 is 16.4 Å². The molecule has 0 saturated carbocycles. The molecule has 27 heavy (non-hydrogen) atoms. The number of carbonyl (C=O) groups is 1. The summed E-state index contributed by atoms with van der Waals surface area (Å²) in [6, 6.07) is 5.04. The van der Waals surface area contributed by atoms with Crippen molar-refractivity contribution in [2.24, 2.45) is 5.92 Å². The summed E-state index contributed by atoms with van der Waals surface area (Å²) in [6.07, 6.45) is 3.10. The van der Waals surface area contributed by atoms with Crippen molar-refractivity contribution >= 4 is 5.97 Å².